The van der Waals surface area contributed by atoms with Gasteiger partial charge in [-0.25, -0.2) is 4.39 Å². The Morgan fingerprint density at radius 1 is 1.06 bits per heavy atom. The van der Waals surface area contributed by atoms with Crippen LogP contribution in [0.5, 0.6) is 0 Å². The molecule has 0 saturated heterocycles. The lowest BCUT2D eigenvalue weighted by molar-refractivity contribution is -0.140. The molecule has 168 valence electrons. The Labute approximate surface area is 185 Å². The molecule has 0 aromatic heterocycles. The largest absolute Gasteiger partial charge is 0.354 e. The average molecular weight is 427 g/mol. The summed E-state index contributed by atoms with van der Waals surface area (Å²) in [6.07, 6.45) is 1.64. The van der Waals surface area contributed by atoms with Crippen molar-refractivity contribution in [3.63, 3.8) is 0 Å². The van der Waals surface area contributed by atoms with Crippen molar-refractivity contribution in [1.29, 1.82) is 0 Å². The van der Waals surface area contributed by atoms with Crippen molar-refractivity contribution in [2.75, 3.05) is 6.54 Å². The fourth-order valence-electron chi connectivity index (χ4n) is 3.35. The predicted molar refractivity (Wildman–Crippen MR) is 123 cm³/mol. The summed E-state index contributed by atoms with van der Waals surface area (Å²) < 4.78 is 14.2. The third-order valence-electron chi connectivity index (χ3n) is 5.46. The van der Waals surface area contributed by atoms with Crippen molar-refractivity contribution in [3.8, 4) is 0 Å². The van der Waals surface area contributed by atoms with Crippen LogP contribution in [0.25, 0.3) is 0 Å². The molecule has 4 nitrogen and oxygen atoms in total. The maximum Gasteiger partial charge on any atom is 0.242 e. The second kappa shape index (κ2) is 11.1. The molecule has 0 fully saturated rings. The Balaban J connectivity index is 2.13. The van der Waals surface area contributed by atoms with E-state index in [4.69, 9.17) is 0 Å². The van der Waals surface area contributed by atoms with Crippen LogP contribution in [0.15, 0.2) is 48.5 Å². The van der Waals surface area contributed by atoms with Crippen LogP contribution < -0.4 is 5.32 Å². The topological polar surface area (TPSA) is 49.4 Å². The van der Waals surface area contributed by atoms with Gasteiger partial charge in [0.05, 0.1) is 0 Å². The standard InChI is InChI=1S/C26H35FN2O2/c1-6-17-28-25(31)19(2)29(18-21-9-7-8-10-23(21)27)24(30)16-13-20-11-14-22(15-12-20)26(3,4)5/h7-12,14-15,19H,6,13,16-18H2,1-5H3,(H,28,31). The molecular weight excluding hydrogens is 391 g/mol. The van der Waals surface area contributed by atoms with Crippen LogP contribution in [0.1, 0.15) is 64.2 Å². The van der Waals surface area contributed by atoms with Gasteiger partial charge in [0.15, 0.2) is 0 Å². The minimum Gasteiger partial charge on any atom is -0.354 e. The van der Waals surface area contributed by atoms with E-state index in [-0.39, 0.29) is 36.0 Å². The first-order chi connectivity index (χ1) is 14.6. The number of aryl methyl sites for hydroxylation is 1. The second-order valence-corrected chi connectivity index (χ2v) is 9.03. The lowest BCUT2D eigenvalue weighted by atomic mass is 9.86. The third kappa shape index (κ3) is 7.20. The molecule has 1 atom stereocenters. The van der Waals surface area contributed by atoms with Crippen LogP contribution in [-0.4, -0.2) is 29.3 Å². The molecule has 1 N–H and O–H groups in total. The number of carbonyl (C=O) groups is 2. The number of amides is 2. The monoisotopic (exact) mass is 426 g/mol. The molecule has 1 unspecified atom stereocenters. The van der Waals surface area contributed by atoms with Gasteiger partial charge in [0, 0.05) is 25.1 Å². The molecule has 0 radical (unpaired) electrons. The van der Waals surface area contributed by atoms with E-state index in [1.165, 1.54) is 16.5 Å². The smallest absolute Gasteiger partial charge is 0.242 e. The number of halogens is 1. The Morgan fingerprint density at radius 2 is 1.71 bits per heavy atom. The Morgan fingerprint density at radius 3 is 2.29 bits per heavy atom. The van der Waals surface area contributed by atoms with Crippen molar-refractivity contribution < 1.29 is 14.0 Å². The first kappa shape index (κ1) is 24.6. The number of nitrogens with one attached hydrogen (secondary N) is 1. The minimum absolute atomic E-state index is 0.0647. The Hall–Kier alpha value is -2.69. The van der Waals surface area contributed by atoms with Gasteiger partial charge in [-0.2, -0.15) is 0 Å². The van der Waals surface area contributed by atoms with Gasteiger partial charge in [-0.05, 0) is 42.4 Å². The van der Waals surface area contributed by atoms with Gasteiger partial charge in [0.1, 0.15) is 11.9 Å². The Bertz CT molecular complexity index is 872. The van der Waals surface area contributed by atoms with E-state index in [2.05, 4.69) is 38.2 Å². The zero-order chi connectivity index (χ0) is 23.0. The summed E-state index contributed by atoms with van der Waals surface area (Å²) in [5.74, 6) is -0.761. The van der Waals surface area contributed by atoms with E-state index in [1.54, 1.807) is 25.1 Å². The predicted octanol–water partition coefficient (Wildman–Crippen LogP) is 5.00. The summed E-state index contributed by atoms with van der Waals surface area (Å²) in [6.45, 7) is 10.8. The molecule has 2 rings (SSSR count). The molecule has 0 saturated carbocycles. The van der Waals surface area contributed by atoms with Crippen LogP contribution in [-0.2, 0) is 28.0 Å². The van der Waals surface area contributed by atoms with Gasteiger partial charge < -0.3 is 10.2 Å². The number of rotatable bonds is 9. The molecule has 0 aliphatic carbocycles. The fraction of sp³-hybridized carbons (Fsp3) is 0.462. The van der Waals surface area contributed by atoms with Gasteiger partial charge in [-0.15, -0.1) is 0 Å². The van der Waals surface area contributed by atoms with E-state index in [9.17, 15) is 14.0 Å². The van der Waals surface area contributed by atoms with Gasteiger partial charge in [0.25, 0.3) is 0 Å². The van der Waals surface area contributed by atoms with Crippen LogP contribution in [0.4, 0.5) is 4.39 Å². The van der Waals surface area contributed by atoms with E-state index < -0.39 is 6.04 Å². The van der Waals surface area contributed by atoms with E-state index in [0.717, 1.165) is 12.0 Å². The van der Waals surface area contributed by atoms with Crippen molar-refractivity contribution in [3.05, 3.63) is 71.0 Å². The average Bonchev–Trinajstić information content (AvgIpc) is 2.74. The molecule has 5 heteroatoms. The highest BCUT2D eigenvalue weighted by molar-refractivity contribution is 5.87. The highest BCUT2D eigenvalue weighted by Crippen LogP contribution is 2.23. The number of hydrogen-bond donors (Lipinski definition) is 1. The highest BCUT2D eigenvalue weighted by atomic mass is 19.1. The van der Waals surface area contributed by atoms with Gasteiger partial charge in [0.2, 0.25) is 11.8 Å². The molecule has 0 heterocycles. The lowest BCUT2D eigenvalue weighted by Crippen LogP contribution is -2.47. The quantitative estimate of drug-likeness (QED) is 0.613. The summed E-state index contributed by atoms with van der Waals surface area (Å²) in [6, 6.07) is 14.0. The summed E-state index contributed by atoms with van der Waals surface area (Å²) >= 11 is 0. The number of carbonyl (C=O) groups excluding carboxylic acids is 2. The van der Waals surface area contributed by atoms with Gasteiger partial charge in [-0.1, -0.05) is 70.2 Å². The van der Waals surface area contributed by atoms with E-state index >= 15 is 0 Å². The number of benzene rings is 2. The van der Waals surface area contributed by atoms with Crippen LogP contribution in [0.3, 0.4) is 0 Å². The van der Waals surface area contributed by atoms with Crippen molar-refractivity contribution in [2.45, 2.75) is 71.9 Å². The van der Waals surface area contributed by atoms with Crippen molar-refractivity contribution in [2.24, 2.45) is 0 Å². The highest BCUT2D eigenvalue weighted by Gasteiger charge is 2.26. The van der Waals surface area contributed by atoms with E-state index in [0.29, 0.717) is 18.5 Å². The molecule has 2 aromatic carbocycles. The van der Waals surface area contributed by atoms with Crippen molar-refractivity contribution >= 4 is 11.8 Å². The second-order valence-electron chi connectivity index (χ2n) is 9.03. The summed E-state index contributed by atoms with van der Waals surface area (Å²) in [7, 11) is 0. The molecule has 0 aliphatic heterocycles. The fourth-order valence-corrected chi connectivity index (χ4v) is 3.35. The first-order valence-corrected chi connectivity index (χ1v) is 11.0. The number of nitrogens with zero attached hydrogens (tertiary/aromatic N) is 1. The normalized spacial score (nSPS) is 12.3. The summed E-state index contributed by atoms with van der Waals surface area (Å²) in [5, 5.41) is 2.84. The maximum absolute atomic E-state index is 14.2. The molecule has 31 heavy (non-hydrogen) atoms. The SMILES string of the molecule is CCCNC(=O)C(C)N(Cc1ccccc1F)C(=O)CCc1ccc(C(C)(C)C)cc1. The zero-order valence-corrected chi connectivity index (χ0v) is 19.4. The zero-order valence-electron chi connectivity index (χ0n) is 19.4. The molecule has 2 aromatic rings. The van der Waals surface area contributed by atoms with Gasteiger partial charge >= 0.3 is 0 Å². The first-order valence-electron chi connectivity index (χ1n) is 11.0. The van der Waals surface area contributed by atoms with Gasteiger partial charge in [-0.3, -0.25) is 9.59 Å². The summed E-state index contributed by atoms with van der Waals surface area (Å²) in [5.41, 5.74) is 2.78. The molecule has 2 amide bonds. The lowest BCUT2D eigenvalue weighted by Gasteiger charge is -2.29. The molecule has 0 spiro atoms. The maximum atomic E-state index is 14.2. The minimum atomic E-state index is -0.679. The van der Waals surface area contributed by atoms with Crippen LogP contribution in [0, 0.1) is 5.82 Å². The summed E-state index contributed by atoms with van der Waals surface area (Å²) in [4.78, 5) is 27.1. The number of hydrogen-bond acceptors (Lipinski definition) is 2. The van der Waals surface area contributed by atoms with E-state index in [1.807, 2.05) is 19.1 Å². The Kier molecular flexibility index (Phi) is 8.78. The van der Waals surface area contributed by atoms with Crippen molar-refractivity contribution in [1.82, 2.24) is 10.2 Å². The third-order valence-corrected chi connectivity index (χ3v) is 5.46. The van der Waals surface area contributed by atoms with Crippen LogP contribution >= 0.6 is 0 Å². The molecule has 0 bridgehead atoms. The molecule has 0 aliphatic rings. The van der Waals surface area contributed by atoms with Crippen LogP contribution in [0.2, 0.25) is 0 Å². The molecular formula is C26H35FN2O2.